The molecule has 1 amide bonds. The smallest absolute Gasteiger partial charge is 0.407 e. The van der Waals surface area contributed by atoms with Crippen molar-refractivity contribution >= 4 is 16.2 Å². The van der Waals surface area contributed by atoms with Gasteiger partial charge in [-0.25, -0.2) is 4.79 Å². The zero-order chi connectivity index (χ0) is 26.7. The van der Waals surface area contributed by atoms with Crippen LogP contribution in [0.25, 0.3) is 11.1 Å². The highest BCUT2D eigenvalue weighted by Gasteiger charge is 2.29. The van der Waals surface area contributed by atoms with Crippen LogP contribution in [0.5, 0.6) is 5.75 Å². The second kappa shape index (κ2) is 10.7. The average Bonchev–Trinajstić information content (AvgIpc) is 3.25. The lowest BCUT2D eigenvalue weighted by molar-refractivity contribution is 0.138. The first-order chi connectivity index (χ1) is 18.4. The number of alkyl carbamates (subject to hydrolysis) is 1. The third-order valence-corrected chi connectivity index (χ3v) is 8.10. The van der Waals surface area contributed by atoms with Crippen LogP contribution in [0.4, 0.5) is 4.79 Å². The Kier molecular flexibility index (Phi) is 7.20. The van der Waals surface area contributed by atoms with Gasteiger partial charge < -0.3 is 14.2 Å². The topological polar surface area (TPSA) is 81.7 Å². The number of hydrogen-bond donors (Lipinski definition) is 1. The van der Waals surface area contributed by atoms with Crippen molar-refractivity contribution in [3.05, 3.63) is 119 Å². The Morgan fingerprint density at radius 1 is 0.842 bits per heavy atom. The molecule has 0 saturated heterocycles. The Balaban J connectivity index is 1.22. The molecule has 4 aromatic rings. The molecule has 0 fully saturated rings. The van der Waals surface area contributed by atoms with Gasteiger partial charge in [-0.1, -0.05) is 85.3 Å². The molecule has 7 heteroatoms. The minimum Gasteiger partial charge on any atom is -0.449 e. The van der Waals surface area contributed by atoms with Gasteiger partial charge >= 0.3 is 16.2 Å². The van der Waals surface area contributed by atoms with Crippen LogP contribution in [0, 0.1) is 6.92 Å². The average molecular weight is 528 g/mol. The van der Waals surface area contributed by atoms with Crippen LogP contribution in [0.1, 0.15) is 47.6 Å². The molecule has 1 aliphatic rings. The summed E-state index contributed by atoms with van der Waals surface area (Å²) in [6.07, 6.45) is 0.132. The third-order valence-electron chi connectivity index (χ3n) is 6.84. The van der Waals surface area contributed by atoms with Crippen molar-refractivity contribution in [1.29, 1.82) is 0 Å². The Morgan fingerprint density at radius 3 is 2.00 bits per heavy atom. The predicted octanol–water partition coefficient (Wildman–Crippen LogP) is 6.75. The highest BCUT2D eigenvalue weighted by molar-refractivity contribution is 7.87. The van der Waals surface area contributed by atoms with E-state index in [0.717, 1.165) is 22.3 Å². The van der Waals surface area contributed by atoms with Crippen molar-refractivity contribution in [2.24, 2.45) is 0 Å². The normalized spacial score (nSPS) is 13.3. The summed E-state index contributed by atoms with van der Waals surface area (Å²) in [5, 5.41) is 2.93. The van der Waals surface area contributed by atoms with Crippen molar-refractivity contribution < 1.29 is 22.1 Å². The molecule has 0 aromatic heterocycles. The molecule has 0 radical (unpaired) electrons. The Hall–Kier alpha value is -4.10. The van der Waals surface area contributed by atoms with Gasteiger partial charge in [-0.3, -0.25) is 0 Å². The summed E-state index contributed by atoms with van der Waals surface area (Å²) in [5.41, 5.74) is 6.45. The molecular formula is C31H29NO5S. The zero-order valence-electron chi connectivity index (χ0n) is 21.3. The third kappa shape index (κ3) is 5.29. The largest absolute Gasteiger partial charge is 0.449 e. The fourth-order valence-electron chi connectivity index (χ4n) is 4.84. The molecule has 194 valence electrons. The highest BCUT2D eigenvalue weighted by Crippen LogP contribution is 2.44. The molecule has 1 aliphatic carbocycles. The summed E-state index contributed by atoms with van der Waals surface area (Å²) in [4.78, 5) is 12.9. The maximum Gasteiger partial charge on any atom is 0.407 e. The molecule has 1 N–H and O–H groups in total. The van der Waals surface area contributed by atoms with Gasteiger partial charge in [0, 0.05) is 5.92 Å². The molecule has 6 nitrogen and oxygen atoms in total. The van der Waals surface area contributed by atoms with Crippen LogP contribution in [0.3, 0.4) is 0 Å². The predicted molar refractivity (Wildman–Crippen MR) is 147 cm³/mol. The quantitative estimate of drug-likeness (QED) is 0.256. The van der Waals surface area contributed by atoms with Crippen LogP contribution < -0.4 is 9.50 Å². The molecule has 5 rings (SSSR count). The van der Waals surface area contributed by atoms with E-state index >= 15 is 0 Å². The van der Waals surface area contributed by atoms with Crippen molar-refractivity contribution in [3.63, 3.8) is 0 Å². The van der Waals surface area contributed by atoms with Gasteiger partial charge in [0.1, 0.15) is 17.3 Å². The summed E-state index contributed by atoms with van der Waals surface area (Å²) < 4.78 is 36.1. The van der Waals surface area contributed by atoms with Crippen LogP contribution in [-0.2, 0) is 14.9 Å². The molecule has 1 unspecified atom stereocenters. The summed E-state index contributed by atoms with van der Waals surface area (Å²) in [5.74, 6) is 0.186. The zero-order valence-corrected chi connectivity index (χ0v) is 22.1. The number of ether oxygens (including phenoxy) is 1. The van der Waals surface area contributed by atoms with Crippen molar-refractivity contribution in [1.82, 2.24) is 5.32 Å². The number of carbonyl (C=O) groups excluding carboxylic acids is 1. The number of hydrogen-bond acceptors (Lipinski definition) is 5. The van der Waals surface area contributed by atoms with Crippen molar-refractivity contribution in [3.8, 4) is 16.9 Å². The van der Waals surface area contributed by atoms with E-state index in [9.17, 15) is 13.2 Å². The molecule has 1 atom stereocenters. The SMILES string of the molecule is CCC(NC(=O)OCC1c2ccccc2-c2ccccc21)c1ccc(OS(=O)(=O)c2ccc(C)cc2)cc1. The Labute approximate surface area is 223 Å². The highest BCUT2D eigenvalue weighted by atomic mass is 32.2. The van der Waals surface area contributed by atoms with Gasteiger partial charge in [-0.2, -0.15) is 8.42 Å². The standard InChI is InChI=1S/C31H29NO5S/c1-3-30(22-14-16-23(17-15-22)37-38(34,35)24-18-12-21(2)13-19-24)32-31(33)36-20-29-27-10-6-4-8-25(27)26-9-5-7-11-28(26)29/h4-19,29-30H,3,20H2,1-2H3,(H,32,33). The fraction of sp³-hybridized carbons (Fsp3) is 0.194. The summed E-state index contributed by atoms with van der Waals surface area (Å²) >= 11 is 0. The lowest BCUT2D eigenvalue weighted by Gasteiger charge is -2.19. The van der Waals surface area contributed by atoms with E-state index in [1.165, 1.54) is 23.3 Å². The summed E-state index contributed by atoms with van der Waals surface area (Å²) in [6.45, 7) is 4.08. The number of nitrogens with one attached hydrogen (secondary N) is 1. The van der Waals surface area contributed by atoms with Gasteiger partial charge in [-0.15, -0.1) is 0 Å². The number of benzene rings is 4. The van der Waals surface area contributed by atoms with Crippen LogP contribution in [0.15, 0.2) is 102 Å². The lowest BCUT2D eigenvalue weighted by Crippen LogP contribution is -2.30. The van der Waals surface area contributed by atoms with Crippen LogP contribution in [-0.4, -0.2) is 21.1 Å². The van der Waals surface area contributed by atoms with E-state index in [1.54, 1.807) is 36.4 Å². The van der Waals surface area contributed by atoms with Crippen LogP contribution in [0.2, 0.25) is 0 Å². The van der Waals surface area contributed by atoms with Gasteiger partial charge in [-0.05, 0) is 65.4 Å². The van der Waals surface area contributed by atoms with Crippen LogP contribution >= 0.6 is 0 Å². The molecule has 0 aliphatic heterocycles. The summed E-state index contributed by atoms with van der Waals surface area (Å²) in [6, 6.07) is 29.3. The van der Waals surface area contributed by atoms with E-state index in [2.05, 4.69) is 29.6 Å². The number of amides is 1. The molecular weight excluding hydrogens is 498 g/mol. The monoisotopic (exact) mass is 527 g/mol. The molecule has 38 heavy (non-hydrogen) atoms. The number of fused-ring (bicyclic) bond motifs is 3. The van der Waals surface area contributed by atoms with Gasteiger partial charge in [0.2, 0.25) is 0 Å². The molecule has 4 aromatic carbocycles. The van der Waals surface area contributed by atoms with E-state index in [1.807, 2.05) is 38.1 Å². The van der Waals surface area contributed by atoms with Crippen molar-refractivity contribution in [2.45, 2.75) is 37.1 Å². The number of aryl methyl sites for hydroxylation is 1. The van der Waals surface area contributed by atoms with Crippen molar-refractivity contribution in [2.75, 3.05) is 6.61 Å². The number of carbonyl (C=O) groups is 1. The number of rotatable bonds is 8. The maximum absolute atomic E-state index is 12.8. The van der Waals surface area contributed by atoms with Gasteiger partial charge in [0.05, 0.1) is 6.04 Å². The maximum atomic E-state index is 12.8. The Morgan fingerprint density at radius 2 is 1.42 bits per heavy atom. The van der Waals surface area contributed by atoms with E-state index in [-0.39, 0.29) is 29.2 Å². The fourth-order valence-corrected chi connectivity index (χ4v) is 5.77. The molecule has 0 bridgehead atoms. The van der Waals surface area contributed by atoms with E-state index in [4.69, 9.17) is 8.92 Å². The first kappa shape index (κ1) is 25.5. The van der Waals surface area contributed by atoms with Gasteiger partial charge in [0.25, 0.3) is 0 Å². The van der Waals surface area contributed by atoms with Gasteiger partial charge in [0.15, 0.2) is 0 Å². The van der Waals surface area contributed by atoms with E-state index in [0.29, 0.717) is 6.42 Å². The second-order valence-electron chi connectivity index (χ2n) is 9.35. The lowest BCUT2D eigenvalue weighted by atomic mass is 9.98. The molecule has 0 saturated carbocycles. The minimum absolute atomic E-state index is 0.0138. The van der Waals surface area contributed by atoms with E-state index < -0.39 is 16.2 Å². The molecule has 0 spiro atoms. The molecule has 0 heterocycles. The first-order valence-electron chi connectivity index (χ1n) is 12.6. The summed E-state index contributed by atoms with van der Waals surface area (Å²) in [7, 11) is -3.94. The second-order valence-corrected chi connectivity index (χ2v) is 10.9. The minimum atomic E-state index is -3.94. The first-order valence-corrected chi connectivity index (χ1v) is 14.0. The Bertz CT molecular complexity index is 1500.